The van der Waals surface area contributed by atoms with Crippen molar-refractivity contribution in [2.45, 2.75) is 19.5 Å². The topological polar surface area (TPSA) is 61.9 Å². The third-order valence-corrected chi connectivity index (χ3v) is 6.85. The van der Waals surface area contributed by atoms with Gasteiger partial charge in [-0.05, 0) is 30.0 Å². The quantitative estimate of drug-likeness (QED) is 0.405. The number of rotatable bonds is 8. The van der Waals surface area contributed by atoms with E-state index in [1.54, 1.807) is 7.11 Å². The monoisotopic (exact) mass is 551 g/mol. The predicted octanol–water partition coefficient (Wildman–Crippen LogP) is 4.85. The number of ketones is 1. The molecule has 6 nitrogen and oxygen atoms in total. The molecule has 0 spiro atoms. The molecular formula is C27H32Cl3N3O3. The first kappa shape index (κ1) is 29.9. The molecule has 1 N–H and O–H groups in total. The smallest absolute Gasteiger partial charge is 0.234 e. The molecule has 3 aromatic rings. The van der Waals surface area contributed by atoms with Gasteiger partial charge in [0.15, 0.2) is 5.78 Å². The zero-order valence-corrected chi connectivity index (χ0v) is 22.8. The highest BCUT2D eigenvalue weighted by molar-refractivity contribution is 6.37. The van der Waals surface area contributed by atoms with Crippen molar-refractivity contribution in [1.82, 2.24) is 15.1 Å². The van der Waals surface area contributed by atoms with Gasteiger partial charge in [-0.3, -0.25) is 19.4 Å². The minimum absolute atomic E-state index is 0. The summed E-state index contributed by atoms with van der Waals surface area (Å²) in [6, 6.07) is 19.0. The van der Waals surface area contributed by atoms with Crippen molar-refractivity contribution < 1.29 is 14.3 Å². The summed E-state index contributed by atoms with van der Waals surface area (Å²) >= 11 is 6.41. The van der Waals surface area contributed by atoms with Gasteiger partial charge in [0, 0.05) is 43.7 Å². The average molecular weight is 553 g/mol. The number of Topliss-reactive ketones (excluding diaryl/α,β-unsaturated/α-hetero) is 1. The molecule has 0 aromatic heterocycles. The summed E-state index contributed by atoms with van der Waals surface area (Å²) in [5, 5.41) is 5.31. The van der Waals surface area contributed by atoms with Gasteiger partial charge in [-0.25, -0.2) is 0 Å². The minimum atomic E-state index is -0.236. The second-order valence-electron chi connectivity index (χ2n) is 8.63. The van der Waals surface area contributed by atoms with Gasteiger partial charge >= 0.3 is 0 Å². The van der Waals surface area contributed by atoms with E-state index in [0.29, 0.717) is 29.4 Å². The van der Waals surface area contributed by atoms with Crippen molar-refractivity contribution in [3.63, 3.8) is 0 Å². The lowest BCUT2D eigenvalue weighted by atomic mass is 9.99. The Kier molecular flexibility index (Phi) is 11.5. The van der Waals surface area contributed by atoms with E-state index >= 15 is 0 Å². The SMILES string of the molecule is COc1ccc2cc(C(=O)C(C)N3CCN(CC(=O)NCc4ccccc4)CC3)ccc2c1Cl.Cl.Cl. The molecule has 1 unspecified atom stereocenters. The third-order valence-electron chi connectivity index (χ3n) is 6.46. The van der Waals surface area contributed by atoms with E-state index in [1.165, 1.54) is 0 Å². The number of carbonyl (C=O) groups is 2. The maximum Gasteiger partial charge on any atom is 0.234 e. The second-order valence-corrected chi connectivity index (χ2v) is 9.01. The van der Waals surface area contributed by atoms with Crippen LogP contribution in [0.25, 0.3) is 10.8 Å². The number of nitrogens with zero attached hydrogens (tertiary/aromatic N) is 2. The fourth-order valence-electron chi connectivity index (χ4n) is 4.35. The molecule has 1 amide bonds. The normalized spacial score (nSPS) is 14.9. The van der Waals surface area contributed by atoms with Crippen LogP contribution < -0.4 is 10.1 Å². The summed E-state index contributed by atoms with van der Waals surface area (Å²) in [6.07, 6.45) is 0. The second kappa shape index (κ2) is 13.8. The first-order valence-corrected chi connectivity index (χ1v) is 11.9. The molecule has 0 bridgehead atoms. The number of hydrogen-bond acceptors (Lipinski definition) is 5. The Morgan fingerprint density at radius 1 is 1.00 bits per heavy atom. The maximum atomic E-state index is 13.2. The molecule has 9 heteroatoms. The maximum absolute atomic E-state index is 13.2. The van der Waals surface area contributed by atoms with Crippen molar-refractivity contribution in [1.29, 1.82) is 0 Å². The number of piperazine rings is 1. The van der Waals surface area contributed by atoms with Gasteiger partial charge in [0.05, 0.1) is 24.7 Å². The van der Waals surface area contributed by atoms with Crippen molar-refractivity contribution in [3.8, 4) is 5.75 Å². The Labute approximate surface area is 229 Å². The zero-order valence-electron chi connectivity index (χ0n) is 20.4. The number of ether oxygens (including phenoxy) is 1. The fourth-order valence-corrected chi connectivity index (χ4v) is 4.67. The molecule has 0 saturated carbocycles. The highest BCUT2D eigenvalue weighted by Gasteiger charge is 2.27. The largest absolute Gasteiger partial charge is 0.495 e. The van der Waals surface area contributed by atoms with Gasteiger partial charge in [0.1, 0.15) is 5.75 Å². The van der Waals surface area contributed by atoms with E-state index in [4.69, 9.17) is 16.3 Å². The number of carbonyl (C=O) groups excluding carboxylic acids is 2. The van der Waals surface area contributed by atoms with E-state index < -0.39 is 0 Å². The van der Waals surface area contributed by atoms with Crippen LogP contribution in [0, 0.1) is 0 Å². The Balaban J connectivity index is 0.00000228. The number of hydrogen-bond donors (Lipinski definition) is 1. The molecule has 1 saturated heterocycles. The lowest BCUT2D eigenvalue weighted by Gasteiger charge is -2.37. The number of fused-ring (bicyclic) bond motifs is 1. The lowest BCUT2D eigenvalue weighted by Crippen LogP contribution is -2.53. The Morgan fingerprint density at radius 2 is 1.69 bits per heavy atom. The van der Waals surface area contributed by atoms with Crippen LogP contribution >= 0.6 is 36.4 Å². The van der Waals surface area contributed by atoms with E-state index in [2.05, 4.69) is 15.1 Å². The van der Waals surface area contributed by atoms with Crippen LogP contribution in [0.5, 0.6) is 5.75 Å². The molecule has 1 aliphatic rings. The predicted molar refractivity (Wildman–Crippen MR) is 150 cm³/mol. The van der Waals surface area contributed by atoms with Crippen LogP contribution in [0.2, 0.25) is 5.02 Å². The molecule has 3 aromatic carbocycles. The Bertz CT molecular complexity index is 1170. The zero-order chi connectivity index (χ0) is 24.1. The average Bonchev–Trinajstić information content (AvgIpc) is 2.88. The number of methoxy groups -OCH3 is 1. The summed E-state index contributed by atoms with van der Waals surface area (Å²) in [7, 11) is 1.59. The number of benzene rings is 3. The number of amides is 1. The molecular weight excluding hydrogens is 521 g/mol. The van der Waals surface area contributed by atoms with E-state index in [1.807, 2.05) is 67.6 Å². The molecule has 1 fully saturated rings. The van der Waals surface area contributed by atoms with Crippen LogP contribution in [0.1, 0.15) is 22.8 Å². The Morgan fingerprint density at radius 3 is 2.36 bits per heavy atom. The van der Waals surface area contributed by atoms with Crippen LogP contribution in [0.4, 0.5) is 0 Å². The molecule has 0 radical (unpaired) electrons. The van der Waals surface area contributed by atoms with E-state index in [9.17, 15) is 9.59 Å². The van der Waals surface area contributed by atoms with Gasteiger partial charge in [0.2, 0.25) is 5.91 Å². The fraction of sp³-hybridized carbons (Fsp3) is 0.333. The van der Waals surface area contributed by atoms with Crippen molar-refractivity contribution in [2.75, 3.05) is 39.8 Å². The molecule has 194 valence electrons. The van der Waals surface area contributed by atoms with Gasteiger partial charge in [-0.2, -0.15) is 0 Å². The summed E-state index contributed by atoms with van der Waals surface area (Å²) < 4.78 is 5.28. The van der Waals surface area contributed by atoms with Gasteiger partial charge in [-0.1, -0.05) is 60.1 Å². The highest BCUT2D eigenvalue weighted by Crippen LogP contribution is 2.33. The Hall–Kier alpha value is -2.35. The van der Waals surface area contributed by atoms with Crippen molar-refractivity contribution in [3.05, 3.63) is 76.8 Å². The number of halogens is 3. The van der Waals surface area contributed by atoms with Crippen LogP contribution in [0.15, 0.2) is 60.7 Å². The van der Waals surface area contributed by atoms with Crippen molar-refractivity contribution >= 4 is 58.9 Å². The molecule has 4 rings (SSSR count). The van der Waals surface area contributed by atoms with Gasteiger partial charge < -0.3 is 10.1 Å². The molecule has 1 atom stereocenters. The van der Waals surface area contributed by atoms with Gasteiger partial charge in [-0.15, -0.1) is 24.8 Å². The first-order valence-electron chi connectivity index (χ1n) is 11.5. The minimum Gasteiger partial charge on any atom is -0.495 e. The lowest BCUT2D eigenvalue weighted by molar-refractivity contribution is -0.122. The standard InChI is InChI=1S/C27H30ClN3O3.2ClH/c1-19(27(33)22-8-10-23-21(16-22)9-11-24(34-2)26(23)28)31-14-12-30(13-15-31)18-25(32)29-17-20-6-4-3-5-7-20;;/h3-11,16,19H,12-15,17-18H2,1-2H3,(H,29,32);2*1H. The first-order chi connectivity index (χ1) is 16.5. The van der Waals surface area contributed by atoms with Gasteiger partial charge in [0.25, 0.3) is 0 Å². The van der Waals surface area contributed by atoms with Crippen molar-refractivity contribution in [2.24, 2.45) is 0 Å². The third kappa shape index (κ3) is 7.11. The summed E-state index contributed by atoms with van der Waals surface area (Å²) in [5.74, 6) is 0.726. The van der Waals surface area contributed by atoms with Crippen LogP contribution in [-0.4, -0.2) is 67.4 Å². The van der Waals surface area contributed by atoms with Crippen LogP contribution in [-0.2, 0) is 11.3 Å². The summed E-state index contributed by atoms with van der Waals surface area (Å²) in [5.41, 5.74) is 1.76. The molecule has 1 heterocycles. The number of nitrogens with one attached hydrogen (secondary N) is 1. The molecule has 36 heavy (non-hydrogen) atoms. The summed E-state index contributed by atoms with van der Waals surface area (Å²) in [6.45, 7) is 5.86. The van der Waals surface area contributed by atoms with E-state index in [-0.39, 0.29) is 42.5 Å². The summed E-state index contributed by atoms with van der Waals surface area (Å²) in [4.78, 5) is 29.8. The van der Waals surface area contributed by atoms with E-state index in [0.717, 1.165) is 42.5 Å². The van der Waals surface area contributed by atoms with Crippen LogP contribution in [0.3, 0.4) is 0 Å². The molecule has 0 aliphatic carbocycles. The highest BCUT2D eigenvalue weighted by atomic mass is 35.5. The molecule has 1 aliphatic heterocycles.